The molecule has 1 saturated carbocycles. The Morgan fingerprint density at radius 3 is 2.59 bits per heavy atom. The van der Waals surface area contributed by atoms with Crippen molar-refractivity contribution >= 4 is 5.69 Å². The van der Waals surface area contributed by atoms with Crippen molar-refractivity contribution in [2.24, 2.45) is 5.92 Å². The smallest absolute Gasteiger partial charge is 0.258 e. The lowest BCUT2D eigenvalue weighted by Gasteiger charge is -2.15. The Bertz CT molecular complexity index is 465. The van der Waals surface area contributed by atoms with Crippen molar-refractivity contribution in [2.75, 3.05) is 0 Å². The molecule has 0 N–H and O–H groups in total. The molecule has 0 bridgehead atoms. The van der Waals surface area contributed by atoms with E-state index < -0.39 is 0 Å². The summed E-state index contributed by atoms with van der Waals surface area (Å²) < 4.78 is 0. The van der Waals surface area contributed by atoms with Gasteiger partial charge in [0, 0.05) is 12.0 Å². The third-order valence-corrected chi connectivity index (χ3v) is 3.12. The van der Waals surface area contributed by atoms with Crippen LogP contribution in [0.5, 0.6) is 0 Å². The highest BCUT2D eigenvalue weighted by Gasteiger charge is 2.12. The van der Waals surface area contributed by atoms with Crippen molar-refractivity contribution in [2.45, 2.75) is 32.1 Å². The highest BCUT2D eigenvalue weighted by atomic mass is 16.6. The van der Waals surface area contributed by atoms with Gasteiger partial charge in [0.05, 0.1) is 4.92 Å². The van der Waals surface area contributed by atoms with Crippen molar-refractivity contribution in [3.63, 3.8) is 0 Å². The number of para-hydroxylation sites is 1. The minimum Gasteiger partial charge on any atom is -0.258 e. The van der Waals surface area contributed by atoms with E-state index in [-0.39, 0.29) is 10.6 Å². The van der Waals surface area contributed by atoms with Crippen LogP contribution in [0.3, 0.4) is 0 Å². The minimum atomic E-state index is -0.370. The van der Waals surface area contributed by atoms with Gasteiger partial charge in [-0.25, -0.2) is 0 Å². The lowest BCUT2D eigenvalue weighted by atomic mass is 9.89. The maximum Gasteiger partial charge on any atom is 0.284 e. The van der Waals surface area contributed by atoms with Gasteiger partial charge >= 0.3 is 0 Å². The molecule has 0 radical (unpaired) electrons. The molecule has 0 saturated heterocycles. The van der Waals surface area contributed by atoms with Crippen LogP contribution in [0, 0.1) is 27.9 Å². The van der Waals surface area contributed by atoms with Crippen LogP contribution < -0.4 is 0 Å². The highest BCUT2D eigenvalue weighted by Crippen LogP contribution is 2.23. The molecule has 88 valence electrons. The Labute approximate surface area is 101 Å². The summed E-state index contributed by atoms with van der Waals surface area (Å²) in [5.41, 5.74) is 0.638. The van der Waals surface area contributed by atoms with Crippen molar-refractivity contribution in [1.82, 2.24) is 0 Å². The topological polar surface area (TPSA) is 43.1 Å². The minimum absolute atomic E-state index is 0.107. The van der Waals surface area contributed by atoms with E-state index in [2.05, 4.69) is 11.8 Å². The van der Waals surface area contributed by atoms with Gasteiger partial charge in [0.1, 0.15) is 5.56 Å². The molecular weight excluding hydrogens is 214 g/mol. The molecule has 17 heavy (non-hydrogen) atoms. The van der Waals surface area contributed by atoms with Crippen LogP contribution in [0.25, 0.3) is 0 Å². The first kappa shape index (κ1) is 11.7. The van der Waals surface area contributed by atoms with E-state index in [4.69, 9.17) is 0 Å². The van der Waals surface area contributed by atoms with E-state index in [1.54, 1.807) is 18.2 Å². The van der Waals surface area contributed by atoms with E-state index in [9.17, 15) is 10.1 Å². The fourth-order valence-corrected chi connectivity index (χ4v) is 2.17. The summed E-state index contributed by atoms with van der Waals surface area (Å²) in [5, 5.41) is 10.8. The molecule has 3 nitrogen and oxygen atoms in total. The molecule has 1 aromatic rings. The zero-order valence-corrected chi connectivity index (χ0v) is 9.69. The van der Waals surface area contributed by atoms with Gasteiger partial charge in [-0.15, -0.1) is 0 Å². The zero-order chi connectivity index (χ0) is 12.1. The normalized spacial score (nSPS) is 16.0. The van der Waals surface area contributed by atoms with Gasteiger partial charge in [-0.05, 0) is 18.9 Å². The number of hydrogen-bond acceptors (Lipinski definition) is 2. The molecule has 0 amide bonds. The van der Waals surface area contributed by atoms with Crippen LogP contribution in [-0.4, -0.2) is 4.92 Å². The molecule has 0 aromatic heterocycles. The van der Waals surface area contributed by atoms with E-state index in [0.717, 1.165) is 12.8 Å². The van der Waals surface area contributed by atoms with Crippen molar-refractivity contribution < 1.29 is 4.92 Å². The quantitative estimate of drug-likeness (QED) is 0.420. The summed E-state index contributed by atoms with van der Waals surface area (Å²) in [6.07, 6.45) is 6.03. The summed E-state index contributed by atoms with van der Waals surface area (Å²) in [6, 6.07) is 6.68. The van der Waals surface area contributed by atoms with E-state index >= 15 is 0 Å². The van der Waals surface area contributed by atoms with Crippen LogP contribution in [0.2, 0.25) is 0 Å². The maximum absolute atomic E-state index is 10.8. The standard InChI is InChI=1S/C14H15NO2/c16-15(17)14-9-5-4-8-13(14)11-10-12-6-2-1-3-7-12/h4-5,8-9,12H,1-3,6-7H2. The second-order valence-corrected chi connectivity index (χ2v) is 4.38. The second-order valence-electron chi connectivity index (χ2n) is 4.38. The molecule has 1 aromatic carbocycles. The molecule has 0 aliphatic heterocycles. The Morgan fingerprint density at radius 1 is 1.18 bits per heavy atom. The lowest BCUT2D eigenvalue weighted by molar-refractivity contribution is -0.385. The molecule has 3 heteroatoms. The molecule has 1 fully saturated rings. The monoisotopic (exact) mass is 229 g/mol. The third-order valence-electron chi connectivity index (χ3n) is 3.12. The molecule has 1 aliphatic rings. The summed E-state index contributed by atoms with van der Waals surface area (Å²) in [7, 11) is 0. The summed E-state index contributed by atoms with van der Waals surface area (Å²) >= 11 is 0. The Balaban J connectivity index is 2.17. The molecule has 0 heterocycles. The first-order chi connectivity index (χ1) is 8.27. The average molecular weight is 229 g/mol. The SMILES string of the molecule is O=[N+]([O-])c1ccccc1C#CC1CCCCC1. The number of hydrogen-bond donors (Lipinski definition) is 0. The number of nitro groups is 1. The second kappa shape index (κ2) is 5.49. The van der Waals surface area contributed by atoms with Gasteiger partial charge in [0.15, 0.2) is 0 Å². The molecule has 2 rings (SSSR count). The summed E-state index contributed by atoms with van der Waals surface area (Å²) in [6.45, 7) is 0. The number of benzene rings is 1. The van der Waals surface area contributed by atoms with E-state index in [0.29, 0.717) is 11.5 Å². The van der Waals surface area contributed by atoms with Gasteiger partial charge in [0.2, 0.25) is 0 Å². The van der Waals surface area contributed by atoms with Gasteiger partial charge in [-0.1, -0.05) is 43.2 Å². The van der Waals surface area contributed by atoms with Gasteiger partial charge in [-0.3, -0.25) is 10.1 Å². The van der Waals surface area contributed by atoms with Gasteiger partial charge < -0.3 is 0 Å². The molecule has 0 spiro atoms. The predicted octanol–water partition coefficient (Wildman–Crippen LogP) is 3.53. The molecular formula is C14H15NO2. The Hall–Kier alpha value is -1.82. The fraction of sp³-hybridized carbons (Fsp3) is 0.429. The Morgan fingerprint density at radius 2 is 1.88 bits per heavy atom. The Kier molecular flexibility index (Phi) is 3.77. The maximum atomic E-state index is 10.8. The van der Waals surface area contributed by atoms with Gasteiger partial charge in [0.25, 0.3) is 5.69 Å². The third kappa shape index (κ3) is 3.07. The van der Waals surface area contributed by atoms with E-state index in [1.165, 1.54) is 25.3 Å². The number of nitro benzene ring substituents is 1. The molecule has 0 atom stereocenters. The first-order valence-corrected chi connectivity index (χ1v) is 6.02. The largest absolute Gasteiger partial charge is 0.284 e. The average Bonchev–Trinajstić information content (AvgIpc) is 2.38. The molecule has 1 aliphatic carbocycles. The van der Waals surface area contributed by atoms with Crippen LogP contribution in [0.15, 0.2) is 24.3 Å². The summed E-state index contributed by atoms with van der Waals surface area (Å²) in [5.74, 6) is 6.57. The first-order valence-electron chi connectivity index (χ1n) is 6.02. The number of nitrogens with zero attached hydrogens (tertiary/aromatic N) is 1. The number of rotatable bonds is 1. The van der Waals surface area contributed by atoms with Crippen molar-refractivity contribution in [3.8, 4) is 11.8 Å². The predicted molar refractivity (Wildman–Crippen MR) is 66.5 cm³/mol. The zero-order valence-electron chi connectivity index (χ0n) is 9.69. The summed E-state index contributed by atoms with van der Waals surface area (Å²) in [4.78, 5) is 10.4. The van der Waals surface area contributed by atoms with Crippen LogP contribution in [0.4, 0.5) is 5.69 Å². The highest BCUT2D eigenvalue weighted by molar-refractivity contribution is 5.50. The fourth-order valence-electron chi connectivity index (χ4n) is 2.17. The van der Waals surface area contributed by atoms with Gasteiger partial charge in [-0.2, -0.15) is 0 Å². The van der Waals surface area contributed by atoms with Crippen molar-refractivity contribution in [3.05, 3.63) is 39.9 Å². The van der Waals surface area contributed by atoms with Crippen molar-refractivity contribution in [1.29, 1.82) is 0 Å². The van der Waals surface area contributed by atoms with E-state index in [1.807, 2.05) is 0 Å². The van der Waals surface area contributed by atoms with Crippen LogP contribution in [0.1, 0.15) is 37.7 Å². The molecule has 0 unspecified atom stereocenters. The van der Waals surface area contributed by atoms with Crippen LogP contribution >= 0.6 is 0 Å². The van der Waals surface area contributed by atoms with Crippen LogP contribution in [-0.2, 0) is 0 Å². The lowest BCUT2D eigenvalue weighted by Crippen LogP contribution is -2.03.